The van der Waals surface area contributed by atoms with Gasteiger partial charge in [0, 0.05) is 11.5 Å². The van der Waals surface area contributed by atoms with Crippen molar-refractivity contribution in [2.45, 2.75) is 72.8 Å². The van der Waals surface area contributed by atoms with Crippen LogP contribution in [-0.4, -0.2) is 10.7 Å². The van der Waals surface area contributed by atoms with Crippen LogP contribution in [0, 0.1) is 32.1 Å². The van der Waals surface area contributed by atoms with E-state index < -0.39 is 0 Å². The molecule has 0 spiro atoms. The van der Waals surface area contributed by atoms with Crippen LogP contribution in [0.4, 0.5) is 0 Å². The molecule has 1 heterocycles. The summed E-state index contributed by atoms with van der Waals surface area (Å²) in [6.45, 7) is 13.1. The fourth-order valence-electron chi connectivity index (χ4n) is 4.67. The van der Waals surface area contributed by atoms with Gasteiger partial charge in [0.25, 0.3) is 0 Å². The summed E-state index contributed by atoms with van der Waals surface area (Å²) in [6, 6.07) is 0. The largest absolute Gasteiger partial charge is 0.507 e. The molecule has 0 aromatic heterocycles. The number of phenolic OH excluding ortho intramolecular Hbond substituents is 1. The normalized spacial score (nSPS) is 30.3. The summed E-state index contributed by atoms with van der Waals surface area (Å²) in [5.74, 6) is 2.01. The number of phenols is 1. The average molecular weight is 288 g/mol. The van der Waals surface area contributed by atoms with E-state index in [0.717, 1.165) is 35.3 Å². The summed E-state index contributed by atoms with van der Waals surface area (Å²) in [5, 5.41) is 10.4. The highest BCUT2D eigenvalue weighted by atomic mass is 16.5. The lowest BCUT2D eigenvalue weighted by Crippen LogP contribution is -2.54. The van der Waals surface area contributed by atoms with Gasteiger partial charge in [-0.25, -0.2) is 0 Å². The summed E-state index contributed by atoms with van der Waals surface area (Å²) in [7, 11) is 0. The van der Waals surface area contributed by atoms with Gasteiger partial charge in [0.1, 0.15) is 17.1 Å². The van der Waals surface area contributed by atoms with E-state index in [1.54, 1.807) is 0 Å². The van der Waals surface area contributed by atoms with Crippen LogP contribution < -0.4 is 4.74 Å². The molecule has 2 heteroatoms. The third kappa shape index (κ3) is 1.98. The van der Waals surface area contributed by atoms with Gasteiger partial charge in [0.05, 0.1) is 0 Å². The van der Waals surface area contributed by atoms with E-state index in [-0.39, 0.29) is 5.60 Å². The minimum Gasteiger partial charge on any atom is -0.507 e. The fraction of sp³-hybridized carbons (Fsp3) is 0.684. The molecule has 2 atom stereocenters. The highest BCUT2D eigenvalue weighted by molar-refractivity contribution is 5.58. The summed E-state index contributed by atoms with van der Waals surface area (Å²) >= 11 is 0. The minimum atomic E-state index is -0.0602. The van der Waals surface area contributed by atoms with Crippen molar-refractivity contribution in [2.24, 2.45) is 11.3 Å². The van der Waals surface area contributed by atoms with E-state index in [1.165, 1.54) is 18.4 Å². The zero-order chi connectivity index (χ0) is 15.6. The second-order valence-electron chi connectivity index (χ2n) is 8.04. The topological polar surface area (TPSA) is 29.5 Å². The number of rotatable bonds is 0. The molecular formula is C19H28O2. The van der Waals surface area contributed by atoms with Gasteiger partial charge in [0.2, 0.25) is 0 Å². The Morgan fingerprint density at radius 2 is 1.67 bits per heavy atom. The zero-order valence-corrected chi connectivity index (χ0v) is 14.3. The Bertz CT molecular complexity index is 600. The lowest BCUT2D eigenvalue weighted by Gasteiger charge is -2.53. The van der Waals surface area contributed by atoms with Gasteiger partial charge in [-0.3, -0.25) is 0 Å². The Morgan fingerprint density at radius 3 is 2.33 bits per heavy atom. The van der Waals surface area contributed by atoms with Crippen LogP contribution in [0.1, 0.15) is 62.3 Å². The monoisotopic (exact) mass is 288 g/mol. The van der Waals surface area contributed by atoms with Crippen molar-refractivity contribution < 1.29 is 9.84 Å². The molecule has 3 rings (SSSR count). The zero-order valence-electron chi connectivity index (χ0n) is 14.3. The van der Waals surface area contributed by atoms with Crippen LogP contribution in [-0.2, 0) is 6.42 Å². The molecular weight excluding hydrogens is 260 g/mol. The first-order valence-corrected chi connectivity index (χ1v) is 8.18. The standard InChI is InChI=1S/C19H28O2/c1-11-12(2)17-14(13(3)16(11)20)10-15-18(4,5)8-7-9-19(15,6)21-17/h15,20H,7-10H2,1-6H3. The van der Waals surface area contributed by atoms with Gasteiger partial charge in [-0.15, -0.1) is 0 Å². The number of fused-ring (bicyclic) bond motifs is 2. The van der Waals surface area contributed by atoms with Crippen LogP contribution in [0.3, 0.4) is 0 Å². The van der Waals surface area contributed by atoms with E-state index in [4.69, 9.17) is 4.74 Å². The third-order valence-electron chi connectivity index (χ3n) is 6.26. The van der Waals surface area contributed by atoms with Gasteiger partial charge in [-0.2, -0.15) is 0 Å². The molecule has 2 unspecified atom stereocenters. The van der Waals surface area contributed by atoms with Gasteiger partial charge in [-0.1, -0.05) is 13.8 Å². The average Bonchev–Trinajstić information content (AvgIpc) is 2.41. The van der Waals surface area contributed by atoms with E-state index in [2.05, 4.69) is 27.7 Å². The maximum atomic E-state index is 10.4. The molecule has 21 heavy (non-hydrogen) atoms. The smallest absolute Gasteiger partial charge is 0.127 e. The van der Waals surface area contributed by atoms with Gasteiger partial charge < -0.3 is 9.84 Å². The van der Waals surface area contributed by atoms with Crippen molar-refractivity contribution in [3.8, 4) is 11.5 Å². The molecule has 0 radical (unpaired) electrons. The van der Waals surface area contributed by atoms with E-state index in [0.29, 0.717) is 17.1 Å². The van der Waals surface area contributed by atoms with E-state index in [1.807, 2.05) is 13.8 Å². The molecule has 1 fully saturated rings. The number of aromatic hydroxyl groups is 1. The minimum absolute atomic E-state index is 0.0602. The molecule has 0 amide bonds. The first kappa shape index (κ1) is 14.7. The van der Waals surface area contributed by atoms with Crippen molar-refractivity contribution >= 4 is 0 Å². The first-order valence-electron chi connectivity index (χ1n) is 8.18. The Balaban J connectivity index is 2.18. The summed E-state index contributed by atoms with van der Waals surface area (Å²) in [5.41, 5.74) is 4.55. The molecule has 1 N–H and O–H groups in total. The molecule has 2 nitrogen and oxygen atoms in total. The Labute approximate surface area is 128 Å². The molecule has 1 saturated carbocycles. The van der Waals surface area contributed by atoms with Gasteiger partial charge >= 0.3 is 0 Å². The second-order valence-corrected chi connectivity index (χ2v) is 8.04. The summed E-state index contributed by atoms with van der Waals surface area (Å²) in [4.78, 5) is 0. The Morgan fingerprint density at radius 1 is 1.00 bits per heavy atom. The molecule has 1 aromatic carbocycles. The highest BCUT2D eigenvalue weighted by Gasteiger charge is 2.51. The predicted molar refractivity (Wildman–Crippen MR) is 86.2 cm³/mol. The first-order chi connectivity index (χ1) is 9.67. The van der Waals surface area contributed by atoms with E-state index >= 15 is 0 Å². The molecule has 1 aliphatic heterocycles. The number of hydrogen-bond donors (Lipinski definition) is 1. The summed E-state index contributed by atoms with van der Waals surface area (Å²) in [6.07, 6.45) is 4.67. The fourth-order valence-corrected chi connectivity index (χ4v) is 4.67. The molecule has 1 aromatic rings. The second kappa shape index (κ2) is 4.41. The van der Waals surface area contributed by atoms with Crippen LogP contribution in [0.25, 0.3) is 0 Å². The third-order valence-corrected chi connectivity index (χ3v) is 6.26. The van der Waals surface area contributed by atoms with Crippen LogP contribution in [0.2, 0.25) is 0 Å². The Kier molecular flexibility index (Phi) is 3.10. The molecule has 1 aliphatic carbocycles. The van der Waals surface area contributed by atoms with Crippen molar-refractivity contribution in [3.63, 3.8) is 0 Å². The van der Waals surface area contributed by atoms with Crippen molar-refractivity contribution in [1.82, 2.24) is 0 Å². The molecule has 2 aliphatic rings. The highest BCUT2D eigenvalue weighted by Crippen LogP contribution is 2.55. The van der Waals surface area contributed by atoms with Crippen molar-refractivity contribution in [2.75, 3.05) is 0 Å². The van der Waals surface area contributed by atoms with Crippen molar-refractivity contribution in [3.05, 3.63) is 22.3 Å². The lowest BCUT2D eigenvalue weighted by atomic mass is 9.58. The quantitative estimate of drug-likeness (QED) is 0.740. The molecule has 0 saturated heterocycles. The molecule has 0 bridgehead atoms. The lowest BCUT2D eigenvalue weighted by molar-refractivity contribution is -0.0822. The maximum Gasteiger partial charge on any atom is 0.127 e. The number of benzene rings is 1. The van der Waals surface area contributed by atoms with Crippen LogP contribution >= 0.6 is 0 Å². The Hall–Kier alpha value is -1.18. The molecule has 116 valence electrons. The van der Waals surface area contributed by atoms with E-state index in [9.17, 15) is 5.11 Å². The summed E-state index contributed by atoms with van der Waals surface area (Å²) < 4.78 is 6.60. The van der Waals surface area contributed by atoms with Crippen LogP contribution in [0.15, 0.2) is 0 Å². The van der Waals surface area contributed by atoms with Crippen molar-refractivity contribution in [1.29, 1.82) is 0 Å². The maximum absolute atomic E-state index is 10.4. The van der Waals surface area contributed by atoms with Crippen LogP contribution in [0.5, 0.6) is 11.5 Å². The SMILES string of the molecule is Cc1c(C)c2c(c(C)c1O)CC1C(C)(C)CCCC1(C)O2. The predicted octanol–water partition coefficient (Wildman–Crippen LogP) is 4.84. The van der Waals surface area contributed by atoms with Gasteiger partial charge in [-0.05, 0) is 75.5 Å². The van der Waals surface area contributed by atoms with Gasteiger partial charge in [0.15, 0.2) is 0 Å². The number of hydrogen-bond acceptors (Lipinski definition) is 2. The number of ether oxygens (including phenoxy) is 1.